The van der Waals surface area contributed by atoms with E-state index in [1.807, 2.05) is 19.2 Å². The van der Waals surface area contributed by atoms with Crippen molar-refractivity contribution in [3.63, 3.8) is 0 Å². The molecule has 10 heteroatoms. The van der Waals surface area contributed by atoms with E-state index in [0.717, 1.165) is 35.9 Å². The third-order valence-electron chi connectivity index (χ3n) is 5.82. The lowest BCUT2D eigenvalue weighted by atomic mass is 10.2. The third-order valence-corrected chi connectivity index (χ3v) is 8.87. The average Bonchev–Trinajstić information content (AvgIpc) is 3.00. The molecule has 0 atom stereocenters. The van der Waals surface area contributed by atoms with Crippen molar-refractivity contribution in [2.45, 2.75) is 30.6 Å². The quantitative estimate of drug-likeness (QED) is 0.547. The van der Waals surface area contributed by atoms with Gasteiger partial charge in [0.1, 0.15) is 21.7 Å². The van der Waals surface area contributed by atoms with Gasteiger partial charge in [0.05, 0.1) is 19.1 Å². The zero-order valence-corrected chi connectivity index (χ0v) is 20.5. The Kier molecular flexibility index (Phi) is 6.87. The number of hydrogen-bond acceptors (Lipinski definition) is 6. The first-order valence-corrected chi connectivity index (χ1v) is 13.0. The number of amides is 1. The maximum absolute atomic E-state index is 13.0. The first-order chi connectivity index (χ1) is 15.9. The Labute approximate surface area is 197 Å². The van der Waals surface area contributed by atoms with Gasteiger partial charge in [0.2, 0.25) is 10.0 Å². The number of methoxy groups -OCH3 is 2. The van der Waals surface area contributed by atoms with Gasteiger partial charge in [-0.2, -0.15) is 9.30 Å². The van der Waals surface area contributed by atoms with Gasteiger partial charge in [-0.15, -0.1) is 0 Å². The maximum atomic E-state index is 13.0. The number of rotatable bonds is 5. The zero-order valence-electron chi connectivity index (χ0n) is 18.9. The highest BCUT2D eigenvalue weighted by atomic mass is 32.2. The molecule has 0 saturated carbocycles. The van der Waals surface area contributed by atoms with Gasteiger partial charge >= 0.3 is 0 Å². The minimum atomic E-state index is -3.56. The highest BCUT2D eigenvalue weighted by Crippen LogP contribution is 2.34. The predicted molar refractivity (Wildman–Crippen MR) is 127 cm³/mol. The first-order valence-electron chi connectivity index (χ1n) is 10.8. The molecule has 3 aromatic rings. The summed E-state index contributed by atoms with van der Waals surface area (Å²) in [6.45, 7) is 1.07. The molecule has 0 unspecified atom stereocenters. The van der Waals surface area contributed by atoms with Gasteiger partial charge in [0.25, 0.3) is 5.91 Å². The zero-order chi connectivity index (χ0) is 23.6. The lowest BCUT2D eigenvalue weighted by Gasteiger charge is -2.19. The fourth-order valence-corrected chi connectivity index (χ4v) is 6.62. The van der Waals surface area contributed by atoms with E-state index >= 15 is 0 Å². The van der Waals surface area contributed by atoms with Crippen LogP contribution >= 0.6 is 11.3 Å². The van der Waals surface area contributed by atoms with E-state index in [1.165, 1.54) is 35.6 Å². The molecule has 8 nitrogen and oxygen atoms in total. The summed E-state index contributed by atoms with van der Waals surface area (Å²) in [6.07, 6.45) is 3.84. The summed E-state index contributed by atoms with van der Waals surface area (Å²) < 4.78 is 41.0. The third kappa shape index (κ3) is 4.55. The normalized spacial score (nSPS) is 16.0. The average molecular weight is 490 g/mol. The van der Waals surface area contributed by atoms with E-state index in [0.29, 0.717) is 35.0 Å². The van der Waals surface area contributed by atoms with Gasteiger partial charge < -0.3 is 14.0 Å². The van der Waals surface area contributed by atoms with Crippen molar-refractivity contribution in [3.8, 4) is 11.5 Å². The fraction of sp³-hybridized carbons (Fsp3) is 0.391. The molecule has 33 heavy (non-hydrogen) atoms. The van der Waals surface area contributed by atoms with Gasteiger partial charge in [0, 0.05) is 25.7 Å². The summed E-state index contributed by atoms with van der Waals surface area (Å²) in [7, 11) is 1.42. The van der Waals surface area contributed by atoms with Crippen LogP contribution in [0.25, 0.3) is 10.2 Å². The largest absolute Gasteiger partial charge is 0.495 e. The number of thiazole rings is 1. The minimum absolute atomic E-state index is 0.197. The highest BCUT2D eigenvalue weighted by molar-refractivity contribution is 7.89. The van der Waals surface area contributed by atoms with Crippen LogP contribution in [0.4, 0.5) is 0 Å². The van der Waals surface area contributed by atoms with Crippen LogP contribution in [0.1, 0.15) is 36.0 Å². The van der Waals surface area contributed by atoms with Crippen molar-refractivity contribution in [1.29, 1.82) is 0 Å². The Morgan fingerprint density at radius 1 is 0.939 bits per heavy atom. The minimum Gasteiger partial charge on any atom is -0.495 e. The van der Waals surface area contributed by atoms with E-state index in [1.54, 1.807) is 23.1 Å². The Morgan fingerprint density at radius 2 is 1.55 bits per heavy atom. The Bertz CT molecular complexity index is 1330. The Balaban J connectivity index is 1.65. The molecule has 1 saturated heterocycles. The standard InChI is InChI=1S/C23H27N3O5S2/c1-25-20-18(30-2)12-13-19(31-3)21(20)32-23(25)24-22(27)16-8-10-17(11-9-16)33(28,29)26-14-6-4-5-7-15-26/h8-13H,4-7,14-15H2,1-3H3. The van der Waals surface area contributed by atoms with Crippen LogP contribution in [0.3, 0.4) is 0 Å². The fourth-order valence-electron chi connectivity index (χ4n) is 3.98. The smallest absolute Gasteiger partial charge is 0.279 e. The number of ether oxygens (including phenoxy) is 2. The molecule has 0 aliphatic carbocycles. The van der Waals surface area contributed by atoms with E-state index in [9.17, 15) is 13.2 Å². The van der Waals surface area contributed by atoms with Crippen LogP contribution in [-0.2, 0) is 17.1 Å². The Morgan fingerprint density at radius 3 is 2.15 bits per heavy atom. The molecule has 2 aromatic carbocycles. The number of aromatic nitrogens is 1. The second-order valence-electron chi connectivity index (χ2n) is 7.85. The van der Waals surface area contributed by atoms with Crippen LogP contribution < -0.4 is 14.3 Å². The summed E-state index contributed by atoms with van der Waals surface area (Å²) in [5.41, 5.74) is 1.11. The van der Waals surface area contributed by atoms with Crippen molar-refractivity contribution in [3.05, 3.63) is 46.8 Å². The second kappa shape index (κ2) is 9.66. The summed E-state index contributed by atoms with van der Waals surface area (Å²) in [6, 6.07) is 9.63. The number of sulfonamides is 1. The number of hydrogen-bond donors (Lipinski definition) is 0. The lowest BCUT2D eigenvalue weighted by Crippen LogP contribution is -2.31. The van der Waals surface area contributed by atoms with Gasteiger partial charge in [-0.3, -0.25) is 4.79 Å². The molecule has 1 aliphatic rings. The van der Waals surface area contributed by atoms with Crippen molar-refractivity contribution < 1.29 is 22.7 Å². The number of fused-ring (bicyclic) bond motifs is 1. The summed E-state index contributed by atoms with van der Waals surface area (Å²) in [4.78, 5) is 17.8. The number of carbonyl (C=O) groups is 1. The molecule has 2 heterocycles. The monoisotopic (exact) mass is 489 g/mol. The van der Waals surface area contributed by atoms with Gasteiger partial charge in [-0.05, 0) is 49.2 Å². The number of carbonyl (C=O) groups excluding carboxylic acids is 1. The van der Waals surface area contributed by atoms with Crippen LogP contribution in [0.5, 0.6) is 11.5 Å². The van der Waals surface area contributed by atoms with E-state index in [-0.39, 0.29) is 4.90 Å². The molecule has 1 aliphatic heterocycles. The van der Waals surface area contributed by atoms with Crippen molar-refractivity contribution in [2.75, 3.05) is 27.3 Å². The maximum Gasteiger partial charge on any atom is 0.279 e. The highest BCUT2D eigenvalue weighted by Gasteiger charge is 2.25. The molecular weight excluding hydrogens is 462 g/mol. The predicted octanol–water partition coefficient (Wildman–Crippen LogP) is 3.56. The summed E-state index contributed by atoms with van der Waals surface area (Å²) in [5, 5.41) is 0. The molecule has 4 rings (SSSR count). The SMILES string of the molecule is COc1ccc(OC)c2c1sc(=NC(=O)c1ccc(S(=O)(=O)N3CCCCCC3)cc1)n2C. The van der Waals surface area contributed by atoms with Crippen molar-refractivity contribution in [1.82, 2.24) is 8.87 Å². The molecule has 0 radical (unpaired) electrons. The van der Waals surface area contributed by atoms with Crippen LogP contribution in [-0.4, -0.2) is 50.5 Å². The van der Waals surface area contributed by atoms with Gasteiger partial charge in [-0.25, -0.2) is 8.42 Å². The number of nitrogens with zero attached hydrogens (tertiary/aromatic N) is 3. The van der Waals surface area contributed by atoms with Gasteiger partial charge in [0.15, 0.2) is 4.80 Å². The first kappa shape index (κ1) is 23.5. The molecule has 0 bridgehead atoms. The molecular formula is C23H27N3O5S2. The topological polar surface area (TPSA) is 90.2 Å². The molecule has 1 amide bonds. The van der Waals surface area contributed by atoms with Crippen LogP contribution in [0, 0.1) is 0 Å². The van der Waals surface area contributed by atoms with E-state index < -0.39 is 15.9 Å². The number of benzene rings is 2. The molecule has 1 fully saturated rings. The second-order valence-corrected chi connectivity index (χ2v) is 10.8. The van der Waals surface area contributed by atoms with Gasteiger partial charge in [-0.1, -0.05) is 24.2 Å². The summed E-state index contributed by atoms with van der Waals surface area (Å²) >= 11 is 1.32. The molecule has 0 spiro atoms. The molecule has 1 aromatic heterocycles. The van der Waals surface area contributed by atoms with Crippen molar-refractivity contribution in [2.24, 2.45) is 12.0 Å². The van der Waals surface area contributed by atoms with Crippen LogP contribution in [0.15, 0.2) is 46.3 Å². The number of aryl methyl sites for hydroxylation is 1. The van der Waals surface area contributed by atoms with Crippen molar-refractivity contribution >= 4 is 37.5 Å². The Hall–Kier alpha value is -2.69. The van der Waals surface area contributed by atoms with E-state index in [2.05, 4.69) is 4.99 Å². The molecule has 0 N–H and O–H groups in total. The lowest BCUT2D eigenvalue weighted by molar-refractivity contribution is 0.0998. The summed E-state index contributed by atoms with van der Waals surface area (Å²) in [5.74, 6) is 0.874. The van der Waals surface area contributed by atoms with E-state index in [4.69, 9.17) is 9.47 Å². The molecule has 176 valence electrons. The van der Waals surface area contributed by atoms with Crippen LogP contribution in [0.2, 0.25) is 0 Å².